The maximum absolute atomic E-state index is 12.7. The number of hydrogen-bond donors (Lipinski definition) is 2. The monoisotopic (exact) mass is 300 g/mol. The molecule has 0 saturated carbocycles. The Labute approximate surface area is 119 Å². The van der Waals surface area contributed by atoms with Crippen molar-refractivity contribution in [2.45, 2.75) is 12.8 Å². The van der Waals surface area contributed by atoms with Gasteiger partial charge in [-0.05, 0) is 5.39 Å². The summed E-state index contributed by atoms with van der Waals surface area (Å²) in [5, 5.41) is 19.4. The van der Waals surface area contributed by atoms with Gasteiger partial charge < -0.3 is 15.1 Å². The Balaban J connectivity index is 2.52. The topological polar surface area (TPSA) is 56.6 Å². The minimum Gasteiger partial charge on any atom is -0.395 e. The number of pyridine rings is 1. The predicted octanol–water partition coefficient (Wildman–Crippen LogP) is 2.09. The summed E-state index contributed by atoms with van der Waals surface area (Å²) in [6, 6.07) is 6.80. The molecule has 7 heteroatoms. The summed E-state index contributed by atoms with van der Waals surface area (Å²) in [6.45, 7) is -2.01. The number of alkyl halides is 3. The number of aliphatic hydroxyl groups is 2. The quantitative estimate of drug-likeness (QED) is 0.888. The highest BCUT2D eigenvalue weighted by atomic mass is 19.4. The molecule has 1 aromatic carbocycles. The Morgan fingerprint density at radius 3 is 2.33 bits per heavy atom. The lowest BCUT2D eigenvalue weighted by Crippen LogP contribution is -2.37. The average molecular weight is 300 g/mol. The van der Waals surface area contributed by atoms with E-state index in [9.17, 15) is 18.3 Å². The zero-order valence-electron chi connectivity index (χ0n) is 11.1. The van der Waals surface area contributed by atoms with E-state index in [1.54, 1.807) is 24.3 Å². The Morgan fingerprint density at radius 2 is 1.76 bits per heavy atom. The first-order valence-electron chi connectivity index (χ1n) is 6.36. The van der Waals surface area contributed by atoms with E-state index in [0.717, 1.165) is 4.90 Å². The van der Waals surface area contributed by atoms with Crippen molar-refractivity contribution in [2.24, 2.45) is 0 Å². The molecule has 0 fully saturated rings. The number of nitrogens with zero attached hydrogens (tertiary/aromatic N) is 2. The van der Waals surface area contributed by atoms with Crippen molar-refractivity contribution >= 4 is 16.6 Å². The van der Waals surface area contributed by atoms with Gasteiger partial charge in [-0.3, -0.25) is 0 Å². The summed E-state index contributed by atoms with van der Waals surface area (Å²) in [4.78, 5) is 5.03. The highest BCUT2D eigenvalue weighted by Gasteiger charge is 2.31. The summed E-state index contributed by atoms with van der Waals surface area (Å²) in [5.41, 5.74) is 0.547. The first-order chi connectivity index (χ1) is 9.96. The molecule has 0 atom stereocenters. The van der Waals surface area contributed by atoms with Gasteiger partial charge in [0.25, 0.3) is 0 Å². The second-order valence-electron chi connectivity index (χ2n) is 4.57. The summed E-state index contributed by atoms with van der Waals surface area (Å²) in [7, 11) is 0. The number of aromatic nitrogens is 1. The van der Waals surface area contributed by atoms with E-state index in [1.807, 2.05) is 0 Å². The fourth-order valence-electron chi connectivity index (χ4n) is 2.21. The molecule has 2 rings (SSSR count). The molecule has 0 amide bonds. The summed E-state index contributed by atoms with van der Waals surface area (Å²) in [6.07, 6.45) is -3.04. The molecule has 1 heterocycles. The van der Waals surface area contributed by atoms with Gasteiger partial charge in [0.1, 0.15) is 12.4 Å². The number of anilines is 1. The molecule has 0 aliphatic rings. The highest BCUT2D eigenvalue weighted by molar-refractivity contribution is 5.94. The first-order valence-corrected chi connectivity index (χ1v) is 6.36. The second kappa shape index (κ2) is 6.28. The fourth-order valence-corrected chi connectivity index (χ4v) is 2.21. The number of benzene rings is 1. The molecule has 1 aromatic heterocycles. The molecular formula is C14H15F3N2O2. The molecule has 0 aliphatic carbocycles. The lowest BCUT2D eigenvalue weighted by molar-refractivity contribution is -0.119. The van der Waals surface area contributed by atoms with Crippen LogP contribution in [0.3, 0.4) is 0 Å². The van der Waals surface area contributed by atoms with Crippen LogP contribution in [0.1, 0.15) is 5.56 Å². The van der Waals surface area contributed by atoms with Crippen LogP contribution in [0, 0.1) is 0 Å². The van der Waals surface area contributed by atoms with Crippen molar-refractivity contribution < 1.29 is 23.4 Å². The molecular weight excluding hydrogens is 285 g/mol. The summed E-state index contributed by atoms with van der Waals surface area (Å²) < 4.78 is 38.0. The van der Waals surface area contributed by atoms with Gasteiger partial charge in [-0.25, -0.2) is 4.98 Å². The summed E-state index contributed by atoms with van der Waals surface area (Å²) >= 11 is 0. The average Bonchev–Trinajstić information content (AvgIpc) is 2.44. The Kier molecular flexibility index (Phi) is 4.64. The van der Waals surface area contributed by atoms with Gasteiger partial charge in [0.05, 0.1) is 13.2 Å². The molecule has 0 saturated heterocycles. The van der Waals surface area contributed by atoms with Gasteiger partial charge in [0, 0.05) is 23.7 Å². The highest BCUT2D eigenvalue weighted by Crippen LogP contribution is 2.29. The van der Waals surface area contributed by atoms with Gasteiger partial charge in [-0.1, -0.05) is 24.3 Å². The third kappa shape index (κ3) is 3.62. The molecule has 0 radical (unpaired) electrons. The Bertz CT molecular complexity index is 617. The number of fused-ring (bicyclic) bond motifs is 1. The number of hydrogen-bond acceptors (Lipinski definition) is 4. The van der Waals surface area contributed by atoms with Crippen molar-refractivity contribution in [3.8, 4) is 0 Å². The van der Waals surface area contributed by atoms with E-state index in [0.29, 0.717) is 16.3 Å². The minimum absolute atomic E-state index is 0.147. The van der Waals surface area contributed by atoms with Crippen LogP contribution in [0.25, 0.3) is 10.8 Å². The molecule has 0 aliphatic heterocycles. The van der Waals surface area contributed by atoms with E-state index in [2.05, 4.69) is 4.98 Å². The fraction of sp³-hybridized carbons (Fsp3) is 0.357. The van der Waals surface area contributed by atoms with Crippen LogP contribution in [-0.4, -0.2) is 41.1 Å². The number of aliphatic hydroxyl groups excluding tert-OH is 2. The molecule has 0 spiro atoms. The van der Waals surface area contributed by atoms with Crippen molar-refractivity contribution in [3.05, 3.63) is 36.0 Å². The molecule has 114 valence electrons. The van der Waals surface area contributed by atoms with Crippen LogP contribution in [0.5, 0.6) is 0 Å². The van der Waals surface area contributed by atoms with Crippen molar-refractivity contribution in [1.29, 1.82) is 0 Å². The summed E-state index contributed by atoms with van der Waals surface area (Å²) in [5.74, 6) is 0.147. The standard InChI is InChI=1S/C14H15F3N2O2/c15-14(16,17)9-19(5-6-20)13-12-4-2-1-3-11(12)10(8-21)7-18-13/h1-4,7,20-21H,5-6,8-9H2. The number of halogens is 3. The second-order valence-corrected chi connectivity index (χ2v) is 4.57. The van der Waals surface area contributed by atoms with Crippen molar-refractivity contribution in [2.75, 3.05) is 24.6 Å². The Hall–Kier alpha value is -1.86. The predicted molar refractivity (Wildman–Crippen MR) is 73.0 cm³/mol. The SMILES string of the molecule is OCCN(CC(F)(F)F)c1ncc(CO)c2ccccc12. The maximum Gasteiger partial charge on any atom is 0.405 e. The molecule has 21 heavy (non-hydrogen) atoms. The van der Waals surface area contributed by atoms with E-state index in [4.69, 9.17) is 5.11 Å². The molecule has 0 bridgehead atoms. The number of rotatable bonds is 5. The van der Waals surface area contributed by atoms with Gasteiger partial charge in [0.2, 0.25) is 0 Å². The Morgan fingerprint density at radius 1 is 1.10 bits per heavy atom. The lowest BCUT2D eigenvalue weighted by atomic mass is 10.1. The lowest BCUT2D eigenvalue weighted by Gasteiger charge is -2.25. The van der Waals surface area contributed by atoms with Crippen LogP contribution in [-0.2, 0) is 6.61 Å². The normalized spacial score (nSPS) is 11.9. The zero-order valence-corrected chi connectivity index (χ0v) is 11.1. The smallest absolute Gasteiger partial charge is 0.395 e. The van der Waals surface area contributed by atoms with Crippen LogP contribution in [0.15, 0.2) is 30.5 Å². The van der Waals surface area contributed by atoms with Gasteiger partial charge in [-0.15, -0.1) is 0 Å². The molecule has 4 nitrogen and oxygen atoms in total. The van der Waals surface area contributed by atoms with Crippen molar-refractivity contribution in [1.82, 2.24) is 4.98 Å². The largest absolute Gasteiger partial charge is 0.405 e. The van der Waals surface area contributed by atoms with Crippen molar-refractivity contribution in [3.63, 3.8) is 0 Å². The maximum atomic E-state index is 12.7. The first kappa shape index (κ1) is 15.5. The minimum atomic E-state index is -4.40. The van der Waals surface area contributed by atoms with Crippen LogP contribution < -0.4 is 4.90 Å². The van der Waals surface area contributed by atoms with Gasteiger partial charge >= 0.3 is 6.18 Å². The van der Waals surface area contributed by atoms with Crippen LogP contribution in [0.4, 0.5) is 19.0 Å². The van der Waals surface area contributed by atoms with E-state index in [1.165, 1.54) is 6.20 Å². The third-order valence-electron chi connectivity index (χ3n) is 3.07. The van der Waals surface area contributed by atoms with Crippen LogP contribution in [0.2, 0.25) is 0 Å². The van der Waals surface area contributed by atoms with Crippen LogP contribution >= 0.6 is 0 Å². The van der Waals surface area contributed by atoms with Gasteiger partial charge in [0.15, 0.2) is 0 Å². The molecule has 2 aromatic rings. The van der Waals surface area contributed by atoms with E-state index in [-0.39, 0.29) is 19.0 Å². The zero-order chi connectivity index (χ0) is 15.5. The third-order valence-corrected chi connectivity index (χ3v) is 3.07. The molecule has 2 N–H and O–H groups in total. The van der Waals surface area contributed by atoms with Gasteiger partial charge in [-0.2, -0.15) is 13.2 Å². The van der Waals surface area contributed by atoms with E-state index >= 15 is 0 Å². The van der Waals surface area contributed by atoms with E-state index < -0.39 is 19.3 Å². The molecule has 0 unspecified atom stereocenters.